The summed E-state index contributed by atoms with van der Waals surface area (Å²) >= 11 is 0. The van der Waals surface area contributed by atoms with Crippen molar-refractivity contribution in [1.82, 2.24) is 15.2 Å². The van der Waals surface area contributed by atoms with Crippen molar-refractivity contribution in [2.75, 3.05) is 37.4 Å². The third-order valence-electron chi connectivity index (χ3n) is 4.53. The van der Waals surface area contributed by atoms with Crippen LogP contribution in [0.15, 0.2) is 18.3 Å². The van der Waals surface area contributed by atoms with Crippen LogP contribution in [-0.4, -0.2) is 55.0 Å². The number of urea groups is 1. The summed E-state index contributed by atoms with van der Waals surface area (Å²) in [5.74, 6) is 1.41. The van der Waals surface area contributed by atoms with Crippen LogP contribution >= 0.6 is 0 Å². The Morgan fingerprint density at radius 3 is 2.42 bits per heavy atom. The van der Waals surface area contributed by atoms with E-state index in [0.717, 1.165) is 44.6 Å². The molecule has 7 heteroatoms. The molecule has 0 bridgehead atoms. The molecule has 1 saturated carbocycles. The first-order valence-corrected chi connectivity index (χ1v) is 8.52. The Balaban J connectivity index is 1.43. The van der Waals surface area contributed by atoms with Gasteiger partial charge >= 0.3 is 6.03 Å². The van der Waals surface area contributed by atoms with E-state index in [1.54, 1.807) is 6.20 Å². The molecule has 0 spiro atoms. The molecule has 2 N–H and O–H groups in total. The number of likely N-dealkylation sites (tertiary alicyclic amines) is 1. The molecule has 0 radical (unpaired) electrons. The summed E-state index contributed by atoms with van der Waals surface area (Å²) in [6, 6.07) is 3.58. The molecule has 1 aliphatic carbocycles. The molecule has 1 aliphatic heterocycles. The predicted molar refractivity (Wildman–Crippen MR) is 93.0 cm³/mol. The smallest absolute Gasteiger partial charge is 0.319 e. The minimum absolute atomic E-state index is 0.113. The van der Waals surface area contributed by atoms with E-state index in [2.05, 4.69) is 15.6 Å². The molecule has 0 aromatic carbocycles. The Morgan fingerprint density at radius 1 is 1.17 bits per heavy atom. The number of hydrogen-bond donors (Lipinski definition) is 2. The molecule has 7 nitrogen and oxygen atoms in total. The van der Waals surface area contributed by atoms with Crippen LogP contribution in [0.25, 0.3) is 0 Å². The van der Waals surface area contributed by atoms with Gasteiger partial charge in [0.25, 0.3) is 0 Å². The number of anilines is 2. The number of nitrogens with zero attached hydrogens (tertiary/aromatic N) is 3. The van der Waals surface area contributed by atoms with Crippen molar-refractivity contribution in [3.8, 4) is 0 Å². The zero-order valence-electron chi connectivity index (χ0n) is 14.3. The van der Waals surface area contributed by atoms with Gasteiger partial charge in [0.2, 0.25) is 5.91 Å². The largest absolute Gasteiger partial charge is 0.363 e. The third-order valence-corrected chi connectivity index (χ3v) is 4.53. The molecule has 0 unspecified atom stereocenters. The fourth-order valence-corrected chi connectivity index (χ4v) is 2.91. The molecule has 3 rings (SSSR count). The summed E-state index contributed by atoms with van der Waals surface area (Å²) in [5, 5.41) is 5.79. The van der Waals surface area contributed by atoms with Crippen LogP contribution in [0.2, 0.25) is 0 Å². The highest BCUT2D eigenvalue weighted by molar-refractivity contribution is 5.89. The van der Waals surface area contributed by atoms with E-state index in [1.165, 1.54) is 0 Å². The molecule has 2 fully saturated rings. The van der Waals surface area contributed by atoms with Crippen LogP contribution < -0.4 is 15.5 Å². The minimum Gasteiger partial charge on any atom is -0.363 e. The summed E-state index contributed by atoms with van der Waals surface area (Å²) in [5.41, 5.74) is 0.666. The Hall–Kier alpha value is -2.31. The van der Waals surface area contributed by atoms with E-state index in [9.17, 15) is 9.59 Å². The van der Waals surface area contributed by atoms with E-state index in [1.807, 2.05) is 36.0 Å². The lowest BCUT2D eigenvalue weighted by molar-refractivity contribution is -0.133. The Morgan fingerprint density at radius 2 is 1.88 bits per heavy atom. The van der Waals surface area contributed by atoms with Gasteiger partial charge in [0.15, 0.2) is 0 Å². The summed E-state index contributed by atoms with van der Waals surface area (Å²) < 4.78 is 0. The topological polar surface area (TPSA) is 77.6 Å². The van der Waals surface area contributed by atoms with Crippen molar-refractivity contribution < 1.29 is 9.59 Å². The van der Waals surface area contributed by atoms with Gasteiger partial charge in [0.05, 0.1) is 11.9 Å². The number of nitrogens with one attached hydrogen (secondary N) is 2. The van der Waals surface area contributed by atoms with E-state index < -0.39 is 0 Å². The fourth-order valence-electron chi connectivity index (χ4n) is 2.91. The number of piperidine rings is 1. The maximum Gasteiger partial charge on any atom is 0.319 e. The molecule has 2 aliphatic rings. The second-order valence-electron chi connectivity index (χ2n) is 6.77. The molecular weight excluding hydrogens is 306 g/mol. The van der Waals surface area contributed by atoms with Gasteiger partial charge in [-0.15, -0.1) is 0 Å². The molecule has 3 amide bonds. The number of aromatic nitrogens is 1. The van der Waals surface area contributed by atoms with E-state index in [-0.39, 0.29) is 18.0 Å². The summed E-state index contributed by atoms with van der Waals surface area (Å²) in [7, 11) is 3.84. The normalized spacial score (nSPS) is 18.2. The van der Waals surface area contributed by atoms with E-state index in [0.29, 0.717) is 11.6 Å². The van der Waals surface area contributed by atoms with Crippen LogP contribution in [0.4, 0.5) is 16.3 Å². The van der Waals surface area contributed by atoms with Gasteiger partial charge in [-0.1, -0.05) is 0 Å². The molecule has 24 heavy (non-hydrogen) atoms. The van der Waals surface area contributed by atoms with Crippen LogP contribution in [0.1, 0.15) is 25.7 Å². The average molecular weight is 331 g/mol. The van der Waals surface area contributed by atoms with Crippen molar-refractivity contribution in [3.63, 3.8) is 0 Å². The lowest BCUT2D eigenvalue weighted by Crippen LogP contribution is -2.47. The van der Waals surface area contributed by atoms with Gasteiger partial charge in [-0.05, 0) is 37.8 Å². The monoisotopic (exact) mass is 331 g/mol. The zero-order chi connectivity index (χ0) is 17.1. The summed E-state index contributed by atoms with van der Waals surface area (Å²) in [4.78, 5) is 32.2. The molecule has 1 aromatic rings. The highest BCUT2D eigenvalue weighted by Gasteiger charge is 2.35. The van der Waals surface area contributed by atoms with Crippen LogP contribution in [0, 0.1) is 5.92 Å². The Bertz CT molecular complexity index is 590. The molecule has 1 aromatic heterocycles. The maximum atomic E-state index is 12.1. The van der Waals surface area contributed by atoms with Crippen molar-refractivity contribution in [3.05, 3.63) is 18.3 Å². The van der Waals surface area contributed by atoms with Gasteiger partial charge in [-0.3, -0.25) is 4.79 Å². The highest BCUT2D eigenvalue weighted by Crippen LogP contribution is 2.31. The van der Waals surface area contributed by atoms with Crippen LogP contribution in [-0.2, 0) is 4.79 Å². The molecule has 2 heterocycles. The summed E-state index contributed by atoms with van der Waals surface area (Å²) in [6.45, 7) is 1.47. The van der Waals surface area contributed by atoms with Gasteiger partial charge in [-0.25, -0.2) is 9.78 Å². The molecule has 0 atom stereocenters. The second-order valence-corrected chi connectivity index (χ2v) is 6.77. The van der Waals surface area contributed by atoms with Crippen LogP contribution in [0.5, 0.6) is 0 Å². The first kappa shape index (κ1) is 16.5. The van der Waals surface area contributed by atoms with Gasteiger partial charge in [0, 0.05) is 39.1 Å². The number of hydrogen-bond acceptors (Lipinski definition) is 4. The van der Waals surface area contributed by atoms with Gasteiger partial charge < -0.3 is 20.4 Å². The number of rotatable bonds is 4. The first-order valence-electron chi connectivity index (χ1n) is 8.52. The third kappa shape index (κ3) is 4.15. The van der Waals surface area contributed by atoms with Crippen LogP contribution in [0.3, 0.4) is 0 Å². The number of carbonyl (C=O) groups excluding carboxylic acids is 2. The summed E-state index contributed by atoms with van der Waals surface area (Å²) in [6.07, 6.45) is 5.35. The zero-order valence-corrected chi connectivity index (χ0v) is 14.3. The Labute approximate surface area is 142 Å². The van der Waals surface area contributed by atoms with Crippen molar-refractivity contribution in [2.45, 2.75) is 31.7 Å². The average Bonchev–Trinajstić information content (AvgIpc) is 3.40. The molecule has 130 valence electrons. The Kier molecular flexibility index (Phi) is 4.87. The van der Waals surface area contributed by atoms with Crippen molar-refractivity contribution >= 4 is 23.4 Å². The van der Waals surface area contributed by atoms with Crippen molar-refractivity contribution in [2.24, 2.45) is 5.92 Å². The van der Waals surface area contributed by atoms with Crippen molar-refractivity contribution in [1.29, 1.82) is 0 Å². The van der Waals surface area contributed by atoms with Gasteiger partial charge in [-0.2, -0.15) is 0 Å². The second kappa shape index (κ2) is 7.07. The minimum atomic E-state index is -0.221. The van der Waals surface area contributed by atoms with Gasteiger partial charge in [0.1, 0.15) is 5.82 Å². The molecular formula is C17H25N5O2. The predicted octanol–water partition coefficient (Wildman–Crippen LogP) is 1.67. The quantitative estimate of drug-likeness (QED) is 0.880. The maximum absolute atomic E-state index is 12.1. The SMILES string of the molecule is CN(C)c1ccc(NC(=O)NC2CCN(C(=O)C3CC3)CC2)cn1. The number of amides is 3. The number of pyridine rings is 1. The number of carbonyl (C=O) groups is 2. The highest BCUT2D eigenvalue weighted by atomic mass is 16.2. The first-order chi connectivity index (χ1) is 11.5. The molecule has 1 saturated heterocycles. The lowest BCUT2D eigenvalue weighted by atomic mass is 10.0. The fraction of sp³-hybridized carbons (Fsp3) is 0.588. The standard InChI is InChI=1S/C17H25N5O2/c1-21(2)15-6-5-14(11-18-15)20-17(24)19-13-7-9-22(10-8-13)16(23)12-3-4-12/h5-6,11-13H,3-4,7-10H2,1-2H3,(H2,19,20,24). The van der Waals surface area contributed by atoms with E-state index >= 15 is 0 Å². The lowest BCUT2D eigenvalue weighted by Gasteiger charge is -2.32. The van der Waals surface area contributed by atoms with E-state index in [4.69, 9.17) is 0 Å².